The van der Waals surface area contributed by atoms with Gasteiger partial charge in [-0.15, -0.1) is 0 Å². The molecule has 0 radical (unpaired) electrons. The summed E-state index contributed by atoms with van der Waals surface area (Å²) in [7, 11) is 1.50. The highest BCUT2D eigenvalue weighted by Gasteiger charge is 2.20. The van der Waals surface area contributed by atoms with E-state index in [1.54, 1.807) is 24.3 Å². The number of halogens is 2. The predicted molar refractivity (Wildman–Crippen MR) is 106 cm³/mol. The van der Waals surface area contributed by atoms with Gasteiger partial charge in [0.1, 0.15) is 17.1 Å². The van der Waals surface area contributed by atoms with Gasteiger partial charge < -0.3 is 14.8 Å². The third kappa shape index (κ3) is 4.69. The third-order valence-electron chi connectivity index (χ3n) is 4.20. The van der Waals surface area contributed by atoms with Gasteiger partial charge in [0, 0.05) is 17.3 Å². The number of benzene rings is 3. The second-order valence-electron chi connectivity index (χ2n) is 6.05. The van der Waals surface area contributed by atoms with Crippen LogP contribution in [0.5, 0.6) is 11.5 Å². The molecule has 0 aromatic heterocycles. The summed E-state index contributed by atoms with van der Waals surface area (Å²) in [5, 5.41) is 13.7. The molecule has 9 heteroatoms. The molecule has 3 aromatic rings. The molecule has 154 valence electrons. The van der Waals surface area contributed by atoms with Crippen LogP contribution in [0.4, 0.5) is 20.2 Å². The number of carbonyl (C=O) groups is 1. The minimum atomic E-state index is -3.03. The van der Waals surface area contributed by atoms with Gasteiger partial charge >= 0.3 is 6.61 Å². The monoisotopic (exact) mass is 414 g/mol. The zero-order valence-electron chi connectivity index (χ0n) is 15.7. The average Bonchev–Trinajstić information content (AvgIpc) is 2.74. The molecule has 0 bridgehead atoms. The number of hydrogen-bond donors (Lipinski definition) is 1. The number of methoxy groups -OCH3 is 1. The zero-order chi connectivity index (χ0) is 21.7. The number of nitrogens with zero attached hydrogens (tertiary/aromatic N) is 1. The number of nitro groups is 1. The minimum Gasteiger partial charge on any atom is -0.497 e. The quantitative estimate of drug-likeness (QED) is 0.428. The number of anilines is 1. The van der Waals surface area contributed by atoms with Gasteiger partial charge in [-0.05, 0) is 42.0 Å². The molecule has 0 atom stereocenters. The van der Waals surface area contributed by atoms with Crippen LogP contribution in [0, 0.1) is 10.1 Å². The Morgan fingerprint density at radius 1 is 1.07 bits per heavy atom. The van der Waals surface area contributed by atoms with Crippen LogP contribution in [0.2, 0.25) is 0 Å². The van der Waals surface area contributed by atoms with Crippen LogP contribution in [0.3, 0.4) is 0 Å². The second kappa shape index (κ2) is 8.99. The van der Waals surface area contributed by atoms with Crippen molar-refractivity contribution < 1.29 is 28.0 Å². The summed E-state index contributed by atoms with van der Waals surface area (Å²) in [6.07, 6.45) is 0. The number of ether oxygens (including phenoxy) is 2. The minimum absolute atomic E-state index is 0.0844. The van der Waals surface area contributed by atoms with E-state index in [9.17, 15) is 23.7 Å². The lowest BCUT2D eigenvalue weighted by molar-refractivity contribution is -0.385. The largest absolute Gasteiger partial charge is 0.497 e. The van der Waals surface area contributed by atoms with E-state index in [0.29, 0.717) is 16.9 Å². The number of nitrogens with one attached hydrogen (secondary N) is 1. The normalized spacial score (nSPS) is 10.5. The first kappa shape index (κ1) is 20.7. The van der Waals surface area contributed by atoms with E-state index in [1.807, 2.05) is 0 Å². The summed E-state index contributed by atoms with van der Waals surface area (Å²) >= 11 is 0. The standard InChI is InChI=1S/C21H16F2N2O5/c1-29-15-9-6-13(7-10-15)17-12-14(8-11-19(17)30-21(22)23)24-20(26)16-4-2-3-5-18(16)25(27)28/h2-12,21H,1H3,(H,24,26). The molecule has 0 aliphatic heterocycles. The van der Waals surface area contributed by atoms with Crippen molar-refractivity contribution >= 4 is 17.3 Å². The van der Waals surface area contributed by atoms with E-state index in [2.05, 4.69) is 10.1 Å². The van der Waals surface area contributed by atoms with Crippen molar-refractivity contribution in [1.29, 1.82) is 0 Å². The van der Waals surface area contributed by atoms with Crippen LogP contribution in [-0.2, 0) is 0 Å². The summed E-state index contributed by atoms with van der Waals surface area (Å²) in [5.41, 5.74) is 0.640. The molecule has 0 heterocycles. The molecule has 0 saturated carbocycles. The Bertz CT molecular complexity index is 1070. The number of alkyl halides is 2. The lowest BCUT2D eigenvalue weighted by Gasteiger charge is -2.14. The predicted octanol–water partition coefficient (Wildman–Crippen LogP) is 5.12. The van der Waals surface area contributed by atoms with Crippen LogP contribution in [0.15, 0.2) is 66.7 Å². The Kier molecular flexibility index (Phi) is 6.21. The molecule has 0 aliphatic carbocycles. The molecule has 7 nitrogen and oxygen atoms in total. The summed E-state index contributed by atoms with van der Waals surface area (Å²) in [6, 6.07) is 16.2. The van der Waals surface area contributed by atoms with Crippen LogP contribution in [0.25, 0.3) is 11.1 Å². The molecule has 3 rings (SSSR count). The van der Waals surface area contributed by atoms with Crippen LogP contribution in [-0.4, -0.2) is 24.6 Å². The Hall–Kier alpha value is -4.01. The van der Waals surface area contributed by atoms with E-state index >= 15 is 0 Å². The van der Waals surface area contributed by atoms with Gasteiger partial charge in [0.25, 0.3) is 11.6 Å². The van der Waals surface area contributed by atoms with Crippen molar-refractivity contribution in [2.75, 3.05) is 12.4 Å². The van der Waals surface area contributed by atoms with Crippen molar-refractivity contribution in [3.63, 3.8) is 0 Å². The van der Waals surface area contributed by atoms with E-state index < -0.39 is 17.4 Å². The van der Waals surface area contributed by atoms with Crippen molar-refractivity contribution in [3.05, 3.63) is 82.4 Å². The zero-order valence-corrected chi connectivity index (χ0v) is 15.7. The highest BCUT2D eigenvalue weighted by atomic mass is 19.3. The van der Waals surface area contributed by atoms with Gasteiger partial charge in [-0.3, -0.25) is 14.9 Å². The van der Waals surface area contributed by atoms with Gasteiger partial charge in [-0.25, -0.2) is 0 Å². The van der Waals surface area contributed by atoms with Gasteiger partial charge in [-0.2, -0.15) is 8.78 Å². The van der Waals surface area contributed by atoms with Crippen molar-refractivity contribution in [3.8, 4) is 22.6 Å². The smallest absolute Gasteiger partial charge is 0.387 e. The Morgan fingerprint density at radius 2 is 1.77 bits per heavy atom. The second-order valence-corrected chi connectivity index (χ2v) is 6.05. The number of rotatable bonds is 7. The average molecular weight is 414 g/mol. The number of nitro benzene ring substituents is 1. The van der Waals surface area contributed by atoms with Gasteiger partial charge in [0.05, 0.1) is 12.0 Å². The molecule has 0 unspecified atom stereocenters. The Labute approximate surface area is 170 Å². The van der Waals surface area contributed by atoms with E-state index in [4.69, 9.17) is 4.74 Å². The van der Waals surface area contributed by atoms with E-state index in [-0.39, 0.29) is 22.7 Å². The molecule has 0 fully saturated rings. The number of hydrogen-bond acceptors (Lipinski definition) is 5. The lowest BCUT2D eigenvalue weighted by atomic mass is 10.0. The van der Waals surface area contributed by atoms with Crippen molar-refractivity contribution in [2.45, 2.75) is 6.61 Å². The first-order valence-corrected chi connectivity index (χ1v) is 8.67. The maximum atomic E-state index is 12.8. The molecule has 30 heavy (non-hydrogen) atoms. The molecular weight excluding hydrogens is 398 g/mol. The third-order valence-corrected chi connectivity index (χ3v) is 4.20. The van der Waals surface area contributed by atoms with Crippen molar-refractivity contribution in [1.82, 2.24) is 0 Å². The maximum absolute atomic E-state index is 12.8. The Balaban J connectivity index is 1.96. The Morgan fingerprint density at radius 3 is 2.40 bits per heavy atom. The summed E-state index contributed by atoms with van der Waals surface area (Å²) in [6.45, 7) is -3.03. The SMILES string of the molecule is COc1ccc(-c2cc(NC(=O)c3ccccc3[N+](=O)[O-])ccc2OC(F)F)cc1. The van der Waals surface area contributed by atoms with Gasteiger partial charge in [0.2, 0.25) is 0 Å². The summed E-state index contributed by atoms with van der Waals surface area (Å²) < 4.78 is 35.3. The lowest BCUT2D eigenvalue weighted by Crippen LogP contribution is -2.14. The summed E-state index contributed by atoms with van der Waals surface area (Å²) in [5.74, 6) is -0.208. The maximum Gasteiger partial charge on any atom is 0.387 e. The number of carbonyl (C=O) groups excluding carboxylic acids is 1. The summed E-state index contributed by atoms with van der Waals surface area (Å²) in [4.78, 5) is 23.0. The fourth-order valence-corrected chi connectivity index (χ4v) is 2.83. The highest BCUT2D eigenvalue weighted by Crippen LogP contribution is 2.35. The van der Waals surface area contributed by atoms with Gasteiger partial charge in [-0.1, -0.05) is 24.3 Å². The molecule has 0 spiro atoms. The van der Waals surface area contributed by atoms with Crippen LogP contribution in [0.1, 0.15) is 10.4 Å². The highest BCUT2D eigenvalue weighted by molar-refractivity contribution is 6.07. The molecular formula is C21H16F2N2O5. The van der Waals surface area contributed by atoms with Crippen LogP contribution < -0.4 is 14.8 Å². The first-order valence-electron chi connectivity index (χ1n) is 8.67. The number of para-hydroxylation sites is 1. The molecule has 0 aliphatic rings. The topological polar surface area (TPSA) is 90.7 Å². The fourth-order valence-electron chi connectivity index (χ4n) is 2.83. The molecule has 3 aromatic carbocycles. The first-order chi connectivity index (χ1) is 14.4. The molecule has 1 N–H and O–H groups in total. The molecule has 1 amide bonds. The van der Waals surface area contributed by atoms with Crippen LogP contribution >= 0.6 is 0 Å². The molecule has 0 saturated heterocycles. The number of amides is 1. The van der Waals surface area contributed by atoms with Crippen molar-refractivity contribution in [2.24, 2.45) is 0 Å². The van der Waals surface area contributed by atoms with Gasteiger partial charge in [0.15, 0.2) is 0 Å². The fraction of sp³-hybridized carbons (Fsp3) is 0.0952. The van der Waals surface area contributed by atoms with E-state index in [0.717, 1.165) is 0 Å². The van der Waals surface area contributed by atoms with E-state index in [1.165, 1.54) is 49.6 Å².